The average molecular weight is 287 g/mol. The fourth-order valence-corrected chi connectivity index (χ4v) is 2.21. The number of ether oxygens (including phenoxy) is 1. The Morgan fingerprint density at radius 1 is 1.29 bits per heavy atom. The van der Waals surface area contributed by atoms with Crippen LogP contribution in [0.2, 0.25) is 0 Å². The maximum atomic E-state index is 6.03. The minimum absolute atomic E-state index is 0.376. The summed E-state index contributed by atoms with van der Waals surface area (Å²) in [5.74, 6) is 0.970. The Morgan fingerprint density at radius 2 is 2.10 bits per heavy atom. The van der Waals surface area contributed by atoms with Crippen molar-refractivity contribution in [1.82, 2.24) is 15.1 Å². The van der Waals surface area contributed by atoms with Gasteiger partial charge in [0, 0.05) is 24.3 Å². The minimum Gasteiger partial charge on any atom is -0.487 e. The number of hydrogen-bond acceptors (Lipinski definition) is 3. The van der Waals surface area contributed by atoms with Crippen molar-refractivity contribution >= 4 is 0 Å². The highest BCUT2D eigenvalue weighted by molar-refractivity contribution is 5.40. The van der Waals surface area contributed by atoms with Crippen LogP contribution in [0.4, 0.5) is 0 Å². The van der Waals surface area contributed by atoms with Crippen molar-refractivity contribution in [2.24, 2.45) is 0 Å². The van der Waals surface area contributed by atoms with Crippen molar-refractivity contribution in [3.8, 4) is 5.75 Å². The van der Waals surface area contributed by atoms with Crippen molar-refractivity contribution in [3.05, 3.63) is 47.3 Å². The van der Waals surface area contributed by atoms with Gasteiger partial charge in [0.05, 0.1) is 5.69 Å². The Morgan fingerprint density at radius 3 is 2.76 bits per heavy atom. The largest absolute Gasteiger partial charge is 0.487 e. The summed E-state index contributed by atoms with van der Waals surface area (Å²) in [6.45, 7) is 10.7. The molecule has 4 heteroatoms. The summed E-state index contributed by atoms with van der Waals surface area (Å²) in [4.78, 5) is 0. The molecule has 1 aromatic heterocycles. The Bertz CT molecular complexity index is 575. The zero-order valence-electron chi connectivity index (χ0n) is 13.4. The summed E-state index contributed by atoms with van der Waals surface area (Å²) < 4.78 is 7.98. The van der Waals surface area contributed by atoms with Crippen LogP contribution in [-0.2, 0) is 13.2 Å². The molecular formula is C17H25N3O. The molecule has 1 aromatic carbocycles. The van der Waals surface area contributed by atoms with Crippen LogP contribution in [0, 0.1) is 6.92 Å². The van der Waals surface area contributed by atoms with E-state index in [0.717, 1.165) is 30.1 Å². The summed E-state index contributed by atoms with van der Waals surface area (Å²) in [5, 5.41) is 7.87. The molecule has 0 spiro atoms. The highest BCUT2D eigenvalue weighted by Crippen LogP contribution is 2.24. The second kappa shape index (κ2) is 7.27. The highest BCUT2D eigenvalue weighted by Gasteiger charge is 2.08. The van der Waals surface area contributed by atoms with Crippen LogP contribution in [-0.4, -0.2) is 16.3 Å². The van der Waals surface area contributed by atoms with Crippen LogP contribution >= 0.6 is 0 Å². The van der Waals surface area contributed by atoms with Gasteiger partial charge in [-0.15, -0.1) is 0 Å². The summed E-state index contributed by atoms with van der Waals surface area (Å²) in [6.07, 6.45) is 2.00. The number of aromatic nitrogens is 2. The molecule has 114 valence electrons. The monoisotopic (exact) mass is 287 g/mol. The number of hydrogen-bond donors (Lipinski definition) is 1. The highest BCUT2D eigenvalue weighted by atomic mass is 16.5. The molecule has 1 heterocycles. The van der Waals surface area contributed by atoms with E-state index in [4.69, 9.17) is 4.74 Å². The predicted octanol–water partition coefficient (Wildman–Crippen LogP) is 3.46. The van der Waals surface area contributed by atoms with Gasteiger partial charge >= 0.3 is 0 Å². The average Bonchev–Trinajstić information content (AvgIpc) is 2.93. The van der Waals surface area contributed by atoms with Gasteiger partial charge in [0.2, 0.25) is 0 Å². The fraction of sp³-hybridized carbons (Fsp3) is 0.471. The van der Waals surface area contributed by atoms with Gasteiger partial charge in [-0.3, -0.25) is 4.68 Å². The lowest BCUT2D eigenvalue weighted by atomic mass is 10.1. The lowest BCUT2D eigenvalue weighted by Crippen LogP contribution is -2.13. The maximum absolute atomic E-state index is 6.03. The number of para-hydroxylation sites is 1. The molecule has 0 saturated carbocycles. The second-order valence-corrected chi connectivity index (χ2v) is 5.51. The van der Waals surface area contributed by atoms with Crippen molar-refractivity contribution in [3.63, 3.8) is 0 Å². The molecule has 4 nitrogen and oxygen atoms in total. The molecule has 0 fully saturated rings. The molecular weight excluding hydrogens is 262 g/mol. The van der Waals surface area contributed by atoms with Crippen LogP contribution in [0.1, 0.15) is 43.6 Å². The van der Waals surface area contributed by atoms with Gasteiger partial charge in [-0.1, -0.05) is 25.1 Å². The first-order chi connectivity index (χ1) is 10.1. The van der Waals surface area contributed by atoms with Gasteiger partial charge in [-0.05, 0) is 38.9 Å². The van der Waals surface area contributed by atoms with Crippen LogP contribution in [0.3, 0.4) is 0 Å². The van der Waals surface area contributed by atoms with Crippen LogP contribution < -0.4 is 10.1 Å². The molecule has 2 rings (SSSR count). The zero-order chi connectivity index (χ0) is 15.2. The summed E-state index contributed by atoms with van der Waals surface area (Å²) in [5.41, 5.74) is 3.31. The zero-order valence-corrected chi connectivity index (χ0v) is 13.4. The maximum Gasteiger partial charge on any atom is 0.132 e. The van der Waals surface area contributed by atoms with Crippen LogP contribution in [0.15, 0.2) is 30.5 Å². The standard InChI is InChI=1S/C17H25N3O/c1-5-18-11-15-8-6-7-14(4)17(15)21-12-16-9-10-20(19-16)13(2)3/h6-10,13,18H,5,11-12H2,1-4H3. The van der Waals surface area contributed by atoms with E-state index in [1.807, 2.05) is 16.9 Å². The third-order valence-corrected chi connectivity index (χ3v) is 3.42. The first kappa shape index (κ1) is 15.6. The predicted molar refractivity (Wildman–Crippen MR) is 85.5 cm³/mol. The Labute approximate surface area is 127 Å². The quantitative estimate of drug-likeness (QED) is 0.847. The topological polar surface area (TPSA) is 39.1 Å². The molecule has 21 heavy (non-hydrogen) atoms. The molecule has 0 saturated heterocycles. The van der Waals surface area contributed by atoms with E-state index in [1.54, 1.807) is 0 Å². The van der Waals surface area contributed by atoms with E-state index in [2.05, 4.69) is 56.3 Å². The number of nitrogens with zero attached hydrogens (tertiary/aromatic N) is 2. The molecule has 0 amide bonds. The van der Waals surface area contributed by atoms with E-state index in [9.17, 15) is 0 Å². The van der Waals surface area contributed by atoms with Crippen LogP contribution in [0.25, 0.3) is 0 Å². The van der Waals surface area contributed by atoms with E-state index < -0.39 is 0 Å². The Kier molecular flexibility index (Phi) is 5.39. The lowest BCUT2D eigenvalue weighted by molar-refractivity contribution is 0.293. The molecule has 0 aliphatic carbocycles. The molecule has 0 aliphatic rings. The summed E-state index contributed by atoms with van der Waals surface area (Å²) in [6, 6.07) is 8.65. The van der Waals surface area contributed by atoms with Gasteiger partial charge in [-0.2, -0.15) is 5.10 Å². The molecule has 1 N–H and O–H groups in total. The number of rotatable bonds is 7. The van der Waals surface area contributed by atoms with E-state index in [1.165, 1.54) is 5.56 Å². The lowest BCUT2D eigenvalue weighted by Gasteiger charge is -2.14. The van der Waals surface area contributed by atoms with Gasteiger partial charge < -0.3 is 10.1 Å². The van der Waals surface area contributed by atoms with Crippen LogP contribution in [0.5, 0.6) is 5.75 Å². The molecule has 2 aromatic rings. The smallest absolute Gasteiger partial charge is 0.132 e. The first-order valence-corrected chi connectivity index (χ1v) is 7.57. The number of aryl methyl sites for hydroxylation is 1. The number of benzene rings is 1. The van der Waals surface area contributed by atoms with Gasteiger partial charge in [0.1, 0.15) is 12.4 Å². The van der Waals surface area contributed by atoms with Crippen molar-refractivity contribution < 1.29 is 4.74 Å². The third-order valence-electron chi connectivity index (χ3n) is 3.42. The van der Waals surface area contributed by atoms with E-state index in [-0.39, 0.29) is 0 Å². The van der Waals surface area contributed by atoms with Crippen molar-refractivity contribution in [2.45, 2.75) is 46.9 Å². The van der Waals surface area contributed by atoms with Crippen molar-refractivity contribution in [1.29, 1.82) is 0 Å². The number of nitrogens with one attached hydrogen (secondary N) is 1. The van der Waals surface area contributed by atoms with Gasteiger partial charge in [0.15, 0.2) is 0 Å². The fourth-order valence-electron chi connectivity index (χ4n) is 2.21. The third kappa shape index (κ3) is 4.08. The molecule has 0 bridgehead atoms. The molecule has 0 atom stereocenters. The van der Waals surface area contributed by atoms with Crippen molar-refractivity contribution in [2.75, 3.05) is 6.54 Å². The Hall–Kier alpha value is -1.81. The Balaban J connectivity index is 2.07. The van der Waals surface area contributed by atoms with E-state index >= 15 is 0 Å². The minimum atomic E-state index is 0.376. The van der Waals surface area contributed by atoms with Gasteiger partial charge in [0.25, 0.3) is 0 Å². The van der Waals surface area contributed by atoms with E-state index in [0.29, 0.717) is 12.6 Å². The molecule has 0 radical (unpaired) electrons. The molecule has 0 aliphatic heterocycles. The second-order valence-electron chi connectivity index (χ2n) is 5.51. The first-order valence-electron chi connectivity index (χ1n) is 7.57. The summed E-state index contributed by atoms with van der Waals surface area (Å²) in [7, 11) is 0. The SMILES string of the molecule is CCNCc1cccc(C)c1OCc1ccn(C(C)C)n1. The molecule has 0 unspecified atom stereocenters. The normalized spacial score (nSPS) is 11.1. The summed E-state index contributed by atoms with van der Waals surface area (Å²) >= 11 is 0. The van der Waals surface area contributed by atoms with Gasteiger partial charge in [-0.25, -0.2) is 0 Å².